The Morgan fingerprint density at radius 1 is 1.07 bits per heavy atom. The van der Waals surface area contributed by atoms with Crippen molar-refractivity contribution in [3.05, 3.63) is 53.2 Å². The number of hydrogen-bond acceptors (Lipinski definition) is 7. The predicted molar refractivity (Wildman–Crippen MR) is 118 cm³/mol. The van der Waals surface area contributed by atoms with Crippen molar-refractivity contribution in [1.82, 2.24) is 9.97 Å². The first-order valence-electron chi connectivity index (χ1n) is 10.2. The van der Waals surface area contributed by atoms with Gasteiger partial charge in [-0.2, -0.15) is 0 Å². The SMILES string of the molecule is CCOC(=O)c1nc2cc(C)c(C)cc2nc1Nc1ccc(N2CCOCC2)cc1. The topological polar surface area (TPSA) is 76.6 Å². The molecule has 7 nitrogen and oxygen atoms in total. The van der Waals surface area contributed by atoms with Gasteiger partial charge in [-0.05, 0) is 68.3 Å². The van der Waals surface area contributed by atoms with E-state index >= 15 is 0 Å². The molecule has 2 heterocycles. The maximum Gasteiger partial charge on any atom is 0.360 e. The van der Waals surface area contributed by atoms with Gasteiger partial charge in [0.2, 0.25) is 0 Å². The molecule has 4 rings (SSSR count). The van der Waals surface area contributed by atoms with Gasteiger partial charge in [0.25, 0.3) is 0 Å². The second kappa shape index (κ2) is 8.67. The van der Waals surface area contributed by atoms with Gasteiger partial charge in [0.05, 0.1) is 30.9 Å². The molecule has 0 amide bonds. The summed E-state index contributed by atoms with van der Waals surface area (Å²) in [7, 11) is 0. The van der Waals surface area contributed by atoms with Gasteiger partial charge in [0, 0.05) is 24.5 Å². The van der Waals surface area contributed by atoms with Crippen LogP contribution in [0.5, 0.6) is 0 Å². The monoisotopic (exact) mass is 406 g/mol. The van der Waals surface area contributed by atoms with Crippen molar-refractivity contribution in [2.75, 3.05) is 43.1 Å². The van der Waals surface area contributed by atoms with Gasteiger partial charge in [-0.3, -0.25) is 0 Å². The van der Waals surface area contributed by atoms with E-state index in [0.717, 1.165) is 54.3 Å². The summed E-state index contributed by atoms with van der Waals surface area (Å²) in [6.45, 7) is 9.36. The standard InChI is InChI=1S/C23H26N4O3/c1-4-30-23(28)21-22(26-20-14-16(3)15(2)13-19(20)25-21)24-17-5-7-18(8-6-17)27-9-11-29-12-10-27/h5-8,13-14H,4,9-12H2,1-3H3,(H,24,26). The number of anilines is 3. The minimum atomic E-state index is -0.488. The van der Waals surface area contributed by atoms with Gasteiger partial charge in [0.15, 0.2) is 11.5 Å². The van der Waals surface area contributed by atoms with Crippen LogP contribution in [0.4, 0.5) is 17.2 Å². The van der Waals surface area contributed by atoms with Gasteiger partial charge >= 0.3 is 5.97 Å². The largest absolute Gasteiger partial charge is 0.461 e. The van der Waals surface area contributed by atoms with E-state index in [1.54, 1.807) is 6.92 Å². The van der Waals surface area contributed by atoms with Crippen LogP contribution in [-0.4, -0.2) is 48.8 Å². The molecule has 30 heavy (non-hydrogen) atoms. The first-order chi connectivity index (χ1) is 14.5. The number of carbonyl (C=O) groups is 1. The van der Waals surface area contributed by atoms with Crippen molar-refractivity contribution in [3.8, 4) is 0 Å². The Kier molecular flexibility index (Phi) is 5.81. The summed E-state index contributed by atoms with van der Waals surface area (Å²) in [4.78, 5) is 24.1. The van der Waals surface area contributed by atoms with Crippen LogP contribution in [0.1, 0.15) is 28.5 Å². The summed E-state index contributed by atoms with van der Waals surface area (Å²) < 4.78 is 10.6. The lowest BCUT2D eigenvalue weighted by Crippen LogP contribution is -2.36. The molecular weight excluding hydrogens is 380 g/mol. The molecule has 3 aromatic rings. The average molecular weight is 406 g/mol. The van der Waals surface area contributed by atoms with Gasteiger partial charge in [-0.25, -0.2) is 14.8 Å². The van der Waals surface area contributed by atoms with E-state index in [9.17, 15) is 4.79 Å². The summed E-state index contributed by atoms with van der Waals surface area (Å²) in [6.07, 6.45) is 0. The van der Waals surface area contributed by atoms with E-state index in [0.29, 0.717) is 11.3 Å². The second-order valence-corrected chi connectivity index (χ2v) is 7.34. The molecular formula is C23H26N4O3. The van der Waals surface area contributed by atoms with E-state index in [4.69, 9.17) is 9.47 Å². The molecule has 0 bridgehead atoms. The van der Waals surface area contributed by atoms with Crippen molar-refractivity contribution < 1.29 is 14.3 Å². The molecule has 0 spiro atoms. The third-order valence-electron chi connectivity index (χ3n) is 5.25. The highest BCUT2D eigenvalue weighted by Gasteiger charge is 2.19. The van der Waals surface area contributed by atoms with Crippen LogP contribution >= 0.6 is 0 Å². The Balaban J connectivity index is 1.66. The number of fused-ring (bicyclic) bond motifs is 1. The van der Waals surface area contributed by atoms with Crippen LogP contribution in [0, 0.1) is 13.8 Å². The molecule has 0 aliphatic carbocycles. The molecule has 1 aromatic heterocycles. The zero-order valence-corrected chi connectivity index (χ0v) is 17.6. The Morgan fingerprint density at radius 3 is 2.33 bits per heavy atom. The summed E-state index contributed by atoms with van der Waals surface area (Å²) in [5.41, 5.74) is 5.80. The summed E-state index contributed by atoms with van der Waals surface area (Å²) >= 11 is 0. The van der Waals surface area contributed by atoms with Crippen molar-refractivity contribution in [2.45, 2.75) is 20.8 Å². The van der Waals surface area contributed by atoms with Gasteiger partial charge in [-0.1, -0.05) is 0 Å². The number of rotatable bonds is 5. The Labute approximate surface area is 176 Å². The second-order valence-electron chi connectivity index (χ2n) is 7.34. The third-order valence-corrected chi connectivity index (χ3v) is 5.25. The minimum Gasteiger partial charge on any atom is -0.461 e. The number of esters is 1. The quantitative estimate of drug-likeness (QED) is 0.642. The summed E-state index contributed by atoms with van der Waals surface area (Å²) in [5.74, 6) is -0.0964. The lowest BCUT2D eigenvalue weighted by molar-refractivity contribution is 0.0521. The summed E-state index contributed by atoms with van der Waals surface area (Å²) in [6, 6.07) is 12.0. The molecule has 1 N–H and O–H groups in total. The highest BCUT2D eigenvalue weighted by atomic mass is 16.5. The van der Waals surface area contributed by atoms with Crippen LogP contribution in [0.3, 0.4) is 0 Å². The maximum absolute atomic E-state index is 12.5. The fourth-order valence-corrected chi connectivity index (χ4v) is 3.45. The fraction of sp³-hybridized carbons (Fsp3) is 0.348. The number of carbonyl (C=O) groups excluding carboxylic acids is 1. The number of hydrogen-bond donors (Lipinski definition) is 1. The Hall–Kier alpha value is -3.19. The molecule has 0 radical (unpaired) electrons. The molecule has 1 aliphatic rings. The van der Waals surface area contributed by atoms with E-state index in [-0.39, 0.29) is 12.3 Å². The number of ether oxygens (including phenoxy) is 2. The van der Waals surface area contributed by atoms with Crippen LogP contribution in [-0.2, 0) is 9.47 Å². The number of aryl methyl sites for hydroxylation is 2. The lowest BCUT2D eigenvalue weighted by Gasteiger charge is -2.28. The molecule has 1 saturated heterocycles. The minimum absolute atomic E-state index is 0.185. The zero-order valence-electron chi connectivity index (χ0n) is 17.6. The summed E-state index contributed by atoms with van der Waals surface area (Å²) in [5, 5.41) is 3.25. The average Bonchev–Trinajstić information content (AvgIpc) is 2.76. The van der Waals surface area contributed by atoms with Crippen molar-refractivity contribution >= 4 is 34.2 Å². The maximum atomic E-state index is 12.5. The lowest BCUT2D eigenvalue weighted by atomic mass is 10.1. The van der Waals surface area contributed by atoms with E-state index in [2.05, 4.69) is 32.3 Å². The van der Waals surface area contributed by atoms with E-state index in [1.807, 2.05) is 38.1 Å². The van der Waals surface area contributed by atoms with Crippen LogP contribution in [0.2, 0.25) is 0 Å². The first-order valence-corrected chi connectivity index (χ1v) is 10.2. The number of nitrogens with one attached hydrogen (secondary N) is 1. The van der Waals surface area contributed by atoms with Gasteiger partial charge in [-0.15, -0.1) is 0 Å². The molecule has 2 aromatic carbocycles. The van der Waals surface area contributed by atoms with Crippen molar-refractivity contribution in [3.63, 3.8) is 0 Å². The van der Waals surface area contributed by atoms with Crippen molar-refractivity contribution in [2.24, 2.45) is 0 Å². The molecule has 1 fully saturated rings. The molecule has 1 aliphatic heterocycles. The number of morpholine rings is 1. The highest BCUT2D eigenvalue weighted by molar-refractivity contribution is 5.96. The molecule has 0 unspecified atom stereocenters. The Morgan fingerprint density at radius 2 is 1.70 bits per heavy atom. The number of nitrogens with zero attached hydrogens (tertiary/aromatic N) is 3. The molecule has 0 atom stereocenters. The van der Waals surface area contributed by atoms with E-state index < -0.39 is 5.97 Å². The first kappa shape index (κ1) is 20.1. The molecule has 7 heteroatoms. The normalized spacial score (nSPS) is 14.0. The smallest absolute Gasteiger partial charge is 0.360 e. The van der Waals surface area contributed by atoms with Crippen molar-refractivity contribution in [1.29, 1.82) is 0 Å². The van der Waals surface area contributed by atoms with Crippen LogP contribution in [0.25, 0.3) is 11.0 Å². The van der Waals surface area contributed by atoms with Crippen LogP contribution in [0.15, 0.2) is 36.4 Å². The number of aromatic nitrogens is 2. The van der Waals surface area contributed by atoms with Crippen LogP contribution < -0.4 is 10.2 Å². The highest BCUT2D eigenvalue weighted by Crippen LogP contribution is 2.26. The Bertz CT molecular complexity index is 1060. The van der Waals surface area contributed by atoms with E-state index in [1.165, 1.54) is 0 Å². The van der Waals surface area contributed by atoms with Gasteiger partial charge < -0.3 is 19.7 Å². The zero-order chi connectivity index (χ0) is 21.1. The molecule has 0 saturated carbocycles. The molecule has 156 valence electrons. The number of benzene rings is 2. The third kappa shape index (κ3) is 4.21. The van der Waals surface area contributed by atoms with Gasteiger partial charge in [0.1, 0.15) is 0 Å². The fourth-order valence-electron chi connectivity index (χ4n) is 3.45. The predicted octanol–water partition coefficient (Wildman–Crippen LogP) is 4.00.